The summed E-state index contributed by atoms with van der Waals surface area (Å²) in [7, 11) is -0.177. The van der Waals surface area contributed by atoms with Crippen molar-refractivity contribution in [3.63, 3.8) is 0 Å². The number of alkyl halides is 2. The van der Waals surface area contributed by atoms with Crippen molar-refractivity contribution in [3.8, 4) is 0 Å². The van der Waals surface area contributed by atoms with Gasteiger partial charge < -0.3 is 4.74 Å². The summed E-state index contributed by atoms with van der Waals surface area (Å²) < 4.78 is 28.6. The third-order valence-corrected chi connectivity index (χ3v) is 3.98. The molecule has 116 valence electrons. The molecule has 0 aromatic heterocycles. The Morgan fingerprint density at radius 2 is 1.50 bits per heavy atom. The van der Waals surface area contributed by atoms with Crippen LogP contribution >= 0.6 is 0 Å². The Labute approximate surface area is 123 Å². The largest absolute Gasteiger partial charge is 0.463 e. The first-order valence-electron chi connectivity index (χ1n) is 7.47. The minimum absolute atomic E-state index is 0.177. The first-order valence-corrected chi connectivity index (χ1v) is 8.76. The van der Waals surface area contributed by atoms with Crippen LogP contribution in [0, 0.1) is 0 Å². The maximum atomic E-state index is 11.9. The summed E-state index contributed by atoms with van der Waals surface area (Å²) in [4.78, 5) is 10.7. The molecule has 0 spiro atoms. The lowest BCUT2D eigenvalue weighted by atomic mass is 10.1. The molecule has 2 radical (unpaired) electrons. The van der Waals surface area contributed by atoms with E-state index in [1.54, 1.807) is 0 Å². The van der Waals surface area contributed by atoms with Gasteiger partial charge in [0.1, 0.15) is 9.52 Å². The minimum Gasteiger partial charge on any atom is -0.463 e. The molecule has 0 amide bonds. The van der Waals surface area contributed by atoms with E-state index in [4.69, 9.17) is 4.74 Å². The van der Waals surface area contributed by atoms with Crippen molar-refractivity contribution in [1.82, 2.24) is 0 Å². The number of halogens is 2. The summed E-state index contributed by atoms with van der Waals surface area (Å²) in [6, 6.07) is -1.43. The highest BCUT2D eigenvalue weighted by atomic mass is 28.2. The molecule has 0 saturated heterocycles. The monoisotopic (exact) mass is 304 g/mol. The molecule has 0 fully saturated rings. The molecule has 0 aliphatic carbocycles. The maximum absolute atomic E-state index is 11.9. The van der Waals surface area contributed by atoms with Crippen LogP contribution < -0.4 is 0 Å². The van der Waals surface area contributed by atoms with Crippen LogP contribution in [0.25, 0.3) is 0 Å². The fraction of sp³-hybridized carbons (Fsp3) is 0.800. The predicted octanol–water partition coefficient (Wildman–Crippen LogP) is 4.57. The molecule has 2 nitrogen and oxygen atoms in total. The number of carbonyl (C=O) groups is 1. The second kappa shape index (κ2) is 14.7. The first-order chi connectivity index (χ1) is 9.66. The smallest absolute Gasteiger partial charge is 0.330 e. The average Bonchev–Trinajstić information content (AvgIpc) is 2.43. The van der Waals surface area contributed by atoms with Gasteiger partial charge >= 0.3 is 5.97 Å². The summed E-state index contributed by atoms with van der Waals surface area (Å²) in [6.07, 6.45) is 11.1. The Hall–Kier alpha value is -0.713. The van der Waals surface area contributed by atoms with E-state index in [1.807, 2.05) is 0 Å². The maximum Gasteiger partial charge on any atom is 0.330 e. The lowest BCUT2D eigenvalue weighted by Gasteiger charge is -2.03. The summed E-state index contributed by atoms with van der Waals surface area (Å²) in [5.41, 5.74) is 0. The number of hydrogen-bond donors (Lipinski definition) is 0. The zero-order chi connectivity index (χ0) is 15.1. The van der Waals surface area contributed by atoms with Gasteiger partial charge in [-0.1, -0.05) is 64.0 Å². The number of carbonyl (C=O) groups excluding carboxylic acids is 1. The van der Waals surface area contributed by atoms with Gasteiger partial charge in [0.15, 0.2) is 0 Å². The molecular formula is C15H26F2O2Si. The highest BCUT2D eigenvalue weighted by Gasteiger charge is 2.02. The van der Waals surface area contributed by atoms with Gasteiger partial charge in [0.25, 0.3) is 0 Å². The van der Waals surface area contributed by atoms with Crippen LogP contribution in [0.2, 0.25) is 6.04 Å². The standard InChI is InChI=1S/C15H26F2O2Si/c1-2-14(18)19-12-10-8-6-4-3-5-7-9-11-13-20-15(16)17/h2,15H,1,3-13H2. The van der Waals surface area contributed by atoms with Crippen molar-refractivity contribution in [1.29, 1.82) is 0 Å². The van der Waals surface area contributed by atoms with E-state index >= 15 is 0 Å². The molecule has 5 heteroatoms. The molecule has 0 heterocycles. The number of ether oxygens (including phenoxy) is 1. The Morgan fingerprint density at radius 3 is 2.00 bits per heavy atom. The summed E-state index contributed by atoms with van der Waals surface area (Å²) in [5.74, 6) is -0.350. The fourth-order valence-electron chi connectivity index (χ4n) is 1.91. The number of esters is 1. The van der Waals surface area contributed by atoms with Crippen LogP contribution in [0.4, 0.5) is 8.78 Å². The van der Waals surface area contributed by atoms with E-state index in [-0.39, 0.29) is 15.5 Å². The van der Waals surface area contributed by atoms with Crippen molar-refractivity contribution in [2.75, 3.05) is 6.61 Å². The second-order valence-corrected chi connectivity index (χ2v) is 6.15. The molecule has 0 aliphatic rings. The Morgan fingerprint density at radius 1 is 1.00 bits per heavy atom. The quantitative estimate of drug-likeness (QED) is 0.203. The van der Waals surface area contributed by atoms with Crippen molar-refractivity contribution in [2.45, 2.75) is 69.9 Å². The molecule has 0 bridgehead atoms. The topological polar surface area (TPSA) is 26.3 Å². The fourth-order valence-corrected chi connectivity index (χ4v) is 2.58. The average molecular weight is 304 g/mol. The molecule has 0 aromatic carbocycles. The zero-order valence-electron chi connectivity index (χ0n) is 12.2. The Balaban J connectivity index is 3.03. The third-order valence-electron chi connectivity index (χ3n) is 3.03. The molecule has 0 aromatic rings. The molecule has 0 rings (SSSR count). The predicted molar refractivity (Wildman–Crippen MR) is 79.3 cm³/mol. The van der Waals surface area contributed by atoms with Gasteiger partial charge in [0.05, 0.1) is 6.61 Å². The molecule has 0 unspecified atom stereocenters. The number of hydrogen-bond acceptors (Lipinski definition) is 2. The normalized spacial score (nSPS) is 10.8. The summed E-state index contributed by atoms with van der Waals surface area (Å²) in [5, 5.41) is 0. The van der Waals surface area contributed by atoms with Gasteiger partial charge in [-0.2, -0.15) is 0 Å². The van der Waals surface area contributed by atoms with Crippen LogP contribution in [0.3, 0.4) is 0 Å². The SMILES string of the molecule is C=CC(=O)OCCCCCCCCCCC[Si]C(F)F. The molecule has 0 atom stereocenters. The molecule has 0 saturated carbocycles. The first kappa shape index (κ1) is 19.3. The van der Waals surface area contributed by atoms with E-state index in [1.165, 1.54) is 31.8 Å². The molecule has 0 N–H and O–H groups in total. The summed E-state index contributed by atoms with van der Waals surface area (Å²) in [6.45, 7) is 3.82. The van der Waals surface area contributed by atoms with Gasteiger partial charge in [-0.3, -0.25) is 0 Å². The molecule has 20 heavy (non-hydrogen) atoms. The lowest BCUT2D eigenvalue weighted by molar-refractivity contribution is -0.137. The third kappa shape index (κ3) is 15.3. The van der Waals surface area contributed by atoms with Crippen LogP contribution in [-0.4, -0.2) is 28.1 Å². The van der Waals surface area contributed by atoms with Crippen molar-refractivity contribution in [2.24, 2.45) is 0 Å². The minimum atomic E-state index is -2.11. The molecular weight excluding hydrogens is 278 g/mol. The highest BCUT2D eigenvalue weighted by molar-refractivity contribution is 6.36. The van der Waals surface area contributed by atoms with E-state index < -0.39 is 6.05 Å². The summed E-state index contributed by atoms with van der Waals surface area (Å²) >= 11 is 0. The number of unbranched alkanes of at least 4 members (excludes halogenated alkanes) is 8. The van der Waals surface area contributed by atoms with Crippen LogP contribution in [0.15, 0.2) is 12.7 Å². The highest BCUT2D eigenvalue weighted by Crippen LogP contribution is 2.11. The van der Waals surface area contributed by atoms with Crippen molar-refractivity contribution >= 4 is 15.5 Å². The van der Waals surface area contributed by atoms with E-state index in [0.717, 1.165) is 32.1 Å². The van der Waals surface area contributed by atoms with E-state index in [0.29, 0.717) is 12.7 Å². The van der Waals surface area contributed by atoms with Gasteiger partial charge in [0, 0.05) is 6.08 Å². The van der Waals surface area contributed by atoms with E-state index in [9.17, 15) is 13.6 Å². The van der Waals surface area contributed by atoms with Crippen molar-refractivity contribution in [3.05, 3.63) is 12.7 Å². The van der Waals surface area contributed by atoms with Crippen LogP contribution in [0.5, 0.6) is 0 Å². The number of rotatable bonds is 14. The zero-order valence-corrected chi connectivity index (χ0v) is 13.2. The Bertz CT molecular complexity index is 248. The lowest BCUT2D eigenvalue weighted by Crippen LogP contribution is -2.02. The van der Waals surface area contributed by atoms with Gasteiger partial charge in [-0.15, -0.1) is 0 Å². The van der Waals surface area contributed by atoms with E-state index in [2.05, 4.69) is 6.58 Å². The molecule has 0 aliphatic heterocycles. The van der Waals surface area contributed by atoms with Crippen LogP contribution in [0.1, 0.15) is 57.8 Å². The second-order valence-electron chi connectivity index (χ2n) is 4.81. The van der Waals surface area contributed by atoms with Crippen molar-refractivity contribution < 1.29 is 18.3 Å². The van der Waals surface area contributed by atoms with Gasteiger partial charge in [0.2, 0.25) is 6.05 Å². The van der Waals surface area contributed by atoms with Gasteiger partial charge in [-0.25, -0.2) is 13.6 Å². The van der Waals surface area contributed by atoms with Gasteiger partial charge in [-0.05, 0) is 6.42 Å². The Kier molecular flexibility index (Phi) is 14.2. The van der Waals surface area contributed by atoms with Crippen LogP contribution in [-0.2, 0) is 9.53 Å².